The molecule has 0 bridgehead atoms. The van der Waals surface area contributed by atoms with Gasteiger partial charge in [0.25, 0.3) is 0 Å². The standard InChI is InChI=1S/C10H19N5O2/c1-2-17-10-14-8(11)13-9(15-10)12-6-4-3-5-7-16/h16H,2-7H2,1H3,(H3,11,12,13,14,15). The van der Waals surface area contributed by atoms with Crippen LogP contribution < -0.4 is 15.8 Å². The molecule has 7 nitrogen and oxygen atoms in total. The summed E-state index contributed by atoms with van der Waals surface area (Å²) in [6.45, 7) is 3.30. The molecule has 0 radical (unpaired) electrons. The molecule has 96 valence electrons. The average molecular weight is 241 g/mol. The Hall–Kier alpha value is -1.63. The number of anilines is 2. The third-order valence-electron chi connectivity index (χ3n) is 2.02. The molecule has 0 saturated heterocycles. The van der Waals surface area contributed by atoms with E-state index in [-0.39, 0.29) is 18.6 Å². The van der Waals surface area contributed by atoms with Crippen molar-refractivity contribution in [3.05, 3.63) is 0 Å². The molecular weight excluding hydrogens is 222 g/mol. The van der Waals surface area contributed by atoms with Crippen molar-refractivity contribution in [3.63, 3.8) is 0 Å². The number of aliphatic hydroxyl groups excluding tert-OH is 1. The van der Waals surface area contributed by atoms with E-state index in [0.717, 1.165) is 25.8 Å². The average Bonchev–Trinajstić information content (AvgIpc) is 2.28. The van der Waals surface area contributed by atoms with Crippen LogP contribution in [0.15, 0.2) is 0 Å². The van der Waals surface area contributed by atoms with Gasteiger partial charge in [-0.05, 0) is 26.2 Å². The molecule has 0 aliphatic heterocycles. The highest BCUT2D eigenvalue weighted by atomic mass is 16.5. The SMILES string of the molecule is CCOc1nc(N)nc(NCCCCCO)n1. The van der Waals surface area contributed by atoms with E-state index in [1.807, 2.05) is 6.92 Å². The quantitative estimate of drug-likeness (QED) is 0.566. The zero-order valence-corrected chi connectivity index (χ0v) is 10.0. The Kier molecular flexibility index (Phi) is 6.02. The van der Waals surface area contributed by atoms with Crippen molar-refractivity contribution in [2.24, 2.45) is 0 Å². The van der Waals surface area contributed by atoms with E-state index >= 15 is 0 Å². The number of nitrogens with one attached hydrogen (secondary N) is 1. The molecular formula is C10H19N5O2. The number of ether oxygens (including phenoxy) is 1. The van der Waals surface area contributed by atoms with Crippen LogP contribution in [0.3, 0.4) is 0 Å². The van der Waals surface area contributed by atoms with Crippen molar-refractivity contribution in [1.82, 2.24) is 15.0 Å². The minimum absolute atomic E-state index is 0.140. The highest BCUT2D eigenvalue weighted by Crippen LogP contribution is 2.08. The van der Waals surface area contributed by atoms with E-state index in [1.54, 1.807) is 0 Å². The second-order valence-electron chi connectivity index (χ2n) is 3.44. The number of rotatable bonds is 8. The first-order valence-electron chi connectivity index (χ1n) is 5.75. The zero-order chi connectivity index (χ0) is 12.5. The lowest BCUT2D eigenvalue weighted by molar-refractivity contribution is 0.283. The zero-order valence-electron chi connectivity index (χ0n) is 10.0. The molecule has 4 N–H and O–H groups in total. The Morgan fingerprint density at radius 1 is 1.24 bits per heavy atom. The summed E-state index contributed by atoms with van der Waals surface area (Å²) in [7, 11) is 0. The van der Waals surface area contributed by atoms with Gasteiger partial charge in [0.05, 0.1) is 6.61 Å². The minimum atomic E-state index is 0.140. The summed E-state index contributed by atoms with van der Waals surface area (Å²) in [6.07, 6.45) is 2.71. The van der Waals surface area contributed by atoms with Gasteiger partial charge in [0.15, 0.2) is 0 Å². The molecule has 0 spiro atoms. The van der Waals surface area contributed by atoms with Crippen LogP contribution in [-0.2, 0) is 0 Å². The lowest BCUT2D eigenvalue weighted by Gasteiger charge is -2.06. The maximum Gasteiger partial charge on any atom is 0.323 e. The summed E-state index contributed by atoms with van der Waals surface area (Å²) in [5, 5.41) is 11.7. The molecule has 1 aromatic heterocycles. The topological polar surface area (TPSA) is 106 Å². The first kappa shape index (κ1) is 13.4. The van der Waals surface area contributed by atoms with Gasteiger partial charge >= 0.3 is 6.01 Å². The van der Waals surface area contributed by atoms with Gasteiger partial charge in [-0.25, -0.2) is 0 Å². The van der Waals surface area contributed by atoms with Crippen molar-refractivity contribution >= 4 is 11.9 Å². The second-order valence-corrected chi connectivity index (χ2v) is 3.44. The maximum absolute atomic E-state index is 8.63. The predicted molar refractivity (Wildman–Crippen MR) is 64.8 cm³/mol. The van der Waals surface area contributed by atoms with E-state index < -0.39 is 0 Å². The Balaban J connectivity index is 2.41. The van der Waals surface area contributed by atoms with Crippen molar-refractivity contribution in [1.29, 1.82) is 0 Å². The van der Waals surface area contributed by atoms with E-state index in [0.29, 0.717) is 12.6 Å². The molecule has 0 unspecified atom stereocenters. The van der Waals surface area contributed by atoms with E-state index in [1.165, 1.54) is 0 Å². The highest BCUT2D eigenvalue weighted by Gasteiger charge is 2.03. The Morgan fingerprint density at radius 2 is 2.06 bits per heavy atom. The van der Waals surface area contributed by atoms with Gasteiger partial charge in [0, 0.05) is 13.2 Å². The Bertz CT molecular complexity index is 334. The van der Waals surface area contributed by atoms with Gasteiger partial charge in [0.1, 0.15) is 0 Å². The van der Waals surface area contributed by atoms with Gasteiger partial charge in [-0.3, -0.25) is 0 Å². The molecule has 7 heteroatoms. The van der Waals surface area contributed by atoms with Crippen LogP contribution in [0.5, 0.6) is 6.01 Å². The molecule has 0 atom stereocenters. The minimum Gasteiger partial charge on any atom is -0.464 e. The molecule has 1 rings (SSSR count). The summed E-state index contributed by atoms with van der Waals surface area (Å²) in [5.41, 5.74) is 5.53. The maximum atomic E-state index is 8.63. The third-order valence-corrected chi connectivity index (χ3v) is 2.02. The smallest absolute Gasteiger partial charge is 0.323 e. The molecule has 0 aliphatic carbocycles. The fraction of sp³-hybridized carbons (Fsp3) is 0.700. The number of hydrogen-bond donors (Lipinski definition) is 3. The van der Waals surface area contributed by atoms with Gasteiger partial charge in [0.2, 0.25) is 11.9 Å². The summed E-state index contributed by atoms with van der Waals surface area (Å²) in [5.74, 6) is 0.561. The first-order valence-corrected chi connectivity index (χ1v) is 5.75. The number of hydrogen-bond acceptors (Lipinski definition) is 7. The van der Waals surface area contributed by atoms with E-state index in [4.69, 9.17) is 15.6 Å². The molecule has 0 fully saturated rings. The molecule has 0 aromatic carbocycles. The lowest BCUT2D eigenvalue weighted by Crippen LogP contribution is -2.10. The Morgan fingerprint density at radius 3 is 2.76 bits per heavy atom. The number of nitrogens with two attached hydrogens (primary N) is 1. The van der Waals surface area contributed by atoms with Crippen molar-refractivity contribution in [2.75, 3.05) is 30.8 Å². The van der Waals surface area contributed by atoms with Crippen LogP contribution in [0.2, 0.25) is 0 Å². The van der Waals surface area contributed by atoms with Crippen molar-refractivity contribution in [2.45, 2.75) is 26.2 Å². The molecule has 0 saturated carbocycles. The Labute approximate surface area is 100 Å². The van der Waals surface area contributed by atoms with Crippen molar-refractivity contribution in [3.8, 4) is 6.01 Å². The lowest BCUT2D eigenvalue weighted by atomic mass is 10.2. The summed E-state index contributed by atoms with van der Waals surface area (Å²) in [4.78, 5) is 11.8. The van der Waals surface area contributed by atoms with Gasteiger partial charge < -0.3 is 20.9 Å². The van der Waals surface area contributed by atoms with Gasteiger partial charge in [-0.15, -0.1) is 0 Å². The summed E-state index contributed by atoms with van der Waals surface area (Å²) >= 11 is 0. The number of nitrogen functional groups attached to an aromatic ring is 1. The first-order chi connectivity index (χ1) is 8.26. The number of aliphatic hydroxyl groups is 1. The number of unbranched alkanes of at least 4 members (excludes halogenated alkanes) is 2. The van der Waals surface area contributed by atoms with E-state index in [2.05, 4.69) is 20.3 Å². The fourth-order valence-corrected chi connectivity index (χ4v) is 1.26. The number of aromatic nitrogens is 3. The largest absolute Gasteiger partial charge is 0.464 e. The van der Waals surface area contributed by atoms with Crippen LogP contribution in [-0.4, -0.2) is 39.8 Å². The fourth-order valence-electron chi connectivity index (χ4n) is 1.26. The van der Waals surface area contributed by atoms with Crippen molar-refractivity contribution < 1.29 is 9.84 Å². The highest BCUT2D eigenvalue weighted by molar-refractivity contribution is 5.32. The predicted octanol–water partition coefficient (Wildman–Crippen LogP) is 0.427. The van der Waals surface area contributed by atoms with Gasteiger partial charge in [-0.2, -0.15) is 15.0 Å². The third kappa shape index (κ3) is 5.30. The van der Waals surface area contributed by atoms with Gasteiger partial charge in [-0.1, -0.05) is 0 Å². The normalized spacial score (nSPS) is 10.2. The monoisotopic (exact) mass is 241 g/mol. The molecule has 1 aromatic rings. The van der Waals surface area contributed by atoms with Crippen LogP contribution in [0.1, 0.15) is 26.2 Å². The van der Waals surface area contributed by atoms with Crippen LogP contribution >= 0.6 is 0 Å². The molecule has 1 heterocycles. The molecule has 0 aliphatic rings. The van der Waals surface area contributed by atoms with Crippen LogP contribution in [0.4, 0.5) is 11.9 Å². The van der Waals surface area contributed by atoms with Crippen LogP contribution in [0.25, 0.3) is 0 Å². The molecule has 17 heavy (non-hydrogen) atoms. The number of nitrogens with zero attached hydrogens (tertiary/aromatic N) is 3. The summed E-state index contributed by atoms with van der Waals surface area (Å²) < 4.78 is 5.16. The summed E-state index contributed by atoms with van der Waals surface area (Å²) in [6, 6.07) is 0.234. The second kappa shape index (κ2) is 7.61. The van der Waals surface area contributed by atoms with Crippen LogP contribution in [0, 0.1) is 0 Å². The van der Waals surface area contributed by atoms with E-state index in [9.17, 15) is 0 Å². The molecule has 0 amide bonds.